The number of carbonyl (C=O) groups is 1. The van der Waals surface area contributed by atoms with Gasteiger partial charge in [-0.15, -0.1) is 0 Å². The van der Waals surface area contributed by atoms with Crippen molar-refractivity contribution in [1.82, 2.24) is 0 Å². The zero-order valence-corrected chi connectivity index (χ0v) is 13.0. The molecule has 0 amide bonds. The molecule has 0 spiro atoms. The summed E-state index contributed by atoms with van der Waals surface area (Å²) in [5.74, 6) is 1.03. The van der Waals surface area contributed by atoms with Crippen LogP contribution in [-0.2, 0) is 18.8 Å². The highest BCUT2D eigenvalue weighted by Gasteiger charge is 2.49. The van der Waals surface area contributed by atoms with Crippen LogP contribution in [0.25, 0.3) is 0 Å². The topological polar surface area (TPSA) is 65.0 Å². The van der Waals surface area contributed by atoms with E-state index in [1.165, 1.54) is 0 Å². The lowest BCUT2D eigenvalue weighted by Crippen LogP contribution is -2.41. The second-order valence-electron chi connectivity index (χ2n) is 6.12. The molecule has 1 aliphatic rings. The molecule has 0 radical (unpaired) electrons. The second kappa shape index (κ2) is 6.74. The molecule has 0 bridgehead atoms. The van der Waals surface area contributed by atoms with E-state index in [4.69, 9.17) is 19.2 Å². The highest BCUT2D eigenvalue weighted by Crippen LogP contribution is 2.36. The van der Waals surface area contributed by atoms with E-state index in [1.54, 1.807) is 6.92 Å². The van der Waals surface area contributed by atoms with Gasteiger partial charge in [-0.25, -0.2) is 0 Å². The molecule has 1 unspecified atom stereocenters. The molecular formula is C14H25BO5. The minimum atomic E-state index is -0.842. The third kappa shape index (κ3) is 4.92. The molecule has 1 rings (SSSR count). The highest BCUT2D eigenvalue weighted by molar-refractivity contribution is 6.51. The maximum absolute atomic E-state index is 10.5. The molecule has 1 fully saturated rings. The monoisotopic (exact) mass is 284 g/mol. The van der Waals surface area contributed by atoms with Crippen molar-refractivity contribution in [1.29, 1.82) is 0 Å². The van der Waals surface area contributed by atoms with Gasteiger partial charge in [-0.05, 0) is 41.0 Å². The first-order valence-corrected chi connectivity index (χ1v) is 7.00. The van der Waals surface area contributed by atoms with Gasteiger partial charge in [-0.1, -0.05) is 12.1 Å². The average Bonchev–Trinajstić information content (AvgIpc) is 2.45. The maximum atomic E-state index is 10.5. The first-order valence-electron chi connectivity index (χ1n) is 7.00. The molecule has 1 heterocycles. The first kappa shape index (κ1) is 17.2. The summed E-state index contributed by atoms with van der Waals surface area (Å²) in [6, 6.07) is 0. The van der Waals surface area contributed by atoms with Crippen LogP contribution in [0.5, 0.6) is 0 Å². The van der Waals surface area contributed by atoms with E-state index in [9.17, 15) is 4.79 Å². The van der Waals surface area contributed by atoms with Crippen LogP contribution in [0.4, 0.5) is 0 Å². The normalized spacial score (nSPS) is 22.4. The molecule has 0 aliphatic carbocycles. The summed E-state index contributed by atoms with van der Waals surface area (Å²) >= 11 is 0. The third-order valence-corrected chi connectivity index (χ3v) is 3.71. The molecule has 0 aromatic rings. The van der Waals surface area contributed by atoms with Gasteiger partial charge in [0.1, 0.15) is 0 Å². The van der Waals surface area contributed by atoms with E-state index < -0.39 is 5.97 Å². The van der Waals surface area contributed by atoms with Crippen LogP contribution >= 0.6 is 0 Å². The first-order chi connectivity index (χ1) is 9.14. The Balaban J connectivity index is 2.25. The van der Waals surface area contributed by atoms with Crippen LogP contribution in [0.3, 0.4) is 0 Å². The Morgan fingerprint density at radius 2 is 1.85 bits per heavy atom. The summed E-state index contributed by atoms with van der Waals surface area (Å²) < 4.78 is 17.0. The number of rotatable bonds is 7. The molecule has 6 heteroatoms. The number of carboxylic acid groups (broad SMARTS) is 1. The molecule has 114 valence electrons. The van der Waals surface area contributed by atoms with Gasteiger partial charge < -0.3 is 19.2 Å². The number of hydrogen-bond donors (Lipinski definition) is 1. The van der Waals surface area contributed by atoms with Crippen molar-refractivity contribution in [3.05, 3.63) is 12.1 Å². The molecule has 0 aromatic heterocycles. The van der Waals surface area contributed by atoms with Crippen molar-refractivity contribution >= 4 is 13.1 Å². The summed E-state index contributed by atoms with van der Waals surface area (Å²) in [4.78, 5) is 10.5. The minimum Gasteiger partial charge on any atom is -0.481 e. The lowest BCUT2D eigenvalue weighted by Gasteiger charge is -2.32. The van der Waals surface area contributed by atoms with Crippen LogP contribution in [0.2, 0.25) is 0 Å². The van der Waals surface area contributed by atoms with Crippen LogP contribution < -0.4 is 0 Å². The van der Waals surface area contributed by atoms with Crippen molar-refractivity contribution in [3.8, 4) is 0 Å². The highest BCUT2D eigenvalue weighted by atomic mass is 16.7. The van der Waals surface area contributed by atoms with Gasteiger partial charge in [-0.2, -0.15) is 0 Å². The summed E-state index contributed by atoms with van der Waals surface area (Å²) in [6.07, 6.45) is 2.41. The Morgan fingerprint density at radius 3 is 2.35 bits per heavy atom. The van der Waals surface area contributed by atoms with Crippen LogP contribution in [0.15, 0.2) is 12.1 Å². The Morgan fingerprint density at radius 1 is 1.30 bits per heavy atom. The van der Waals surface area contributed by atoms with Gasteiger partial charge in [-0.3, -0.25) is 4.79 Å². The molecule has 0 aromatic carbocycles. The molecule has 20 heavy (non-hydrogen) atoms. The summed E-state index contributed by atoms with van der Waals surface area (Å²) in [5.41, 5.74) is -0.650. The van der Waals surface area contributed by atoms with Crippen LogP contribution in [0, 0.1) is 0 Å². The average molecular weight is 284 g/mol. The van der Waals surface area contributed by atoms with Crippen molar-refractivity contribution in [3.63, 3.8) is 0 Å². The fourth-order valence-electron chi connectivity index (χ4n) is 1.82. The van der Waals surface area contributed by atoms with Crippen LogP contribution in [-0.4, -0.2) is 42.1 Å². The summed E-state index contributed by atoms with van der Waals surface area (Å²) in [6.45, 7) is 10.3. The largest absolute Gasteiger partial charge is 0.486 e. The fraction of sp³-hybridized carbons (Fsp3) is 0.786. The van der Waals surface area contributed by atoms with E-state index in [1.807, 2.05) is 39.7 Å². The molecule has 1 aliphatic heterocycles. The maximum Gasteiger partial charge on any atom is 0.486 e. The number of aliphatic carboxylic acids is 1. The molecule has 1 atom stereocenters. The van der Waals surface area contributed by atoms with Crippen molar-refractivity contribution < 1.29 is 23.9 Å². The van der Waals surface area contributed by atoms with Gasteiger partial charge >= 0.3 is 13.1 Å². The van der Waals surface area contributed by atoms with E-state index in [-0.39, 0.29) is 30.8 Å². The zero-order chi connectivity index (χ0) is 15.4. The van der Waals surface area contributed by atoms with Crippen molar-refractivity contribution in [2.75, 3.05) is 6.61 Å². The summed E-state index contributed by atoms with van der Waals surface area (Å²) in [7, 11) is -0.337. The van der Waals surface area contributed by atoms with Gasteiger partial charge in [0.2, 0.25) is 0 Å². The predicted molar refractivity (Wildman–Crippen MR) is 77.5 cm³/mol. The van der Waals surface area contributed by atoms with E-state index in [0.717, 1.165) is 0 Å². The number of carboxylic acids is 1. The second-order valence-corrected chi connectivity index (χ2v) is 6.12. The minimum absolute atomic E-state index is 0.0287. The molecule has 1 saturated heterocycles. The molecular weight excluding hydrogens is 259 g/mol. The van der Waals surface area contributed by atoms with E-state index in [2.05, 4.69) is 0 Å². The van der Waals surface area contributed by atoms with Gasteiger partial charge in [0, 0.05) is 0 Å². The lowest BCUT2D eigenvalue weighted by atomic mass is 9.90. The fourth-order valence-corrected chi connectivity index (χ4v) is 1.82. The lowest BCUT2D eigenvalue weighted by molar-refractivity contribution is -0.139. The molecule has 1 N–H and O–H groups in total. The van der Waals surface area contributed by atoms with Crippen LogP contribution in [0.1, 0.15) is 47.5 Å². The Kier molecular flexibility index (Phi) is 5.80. The van der Waals surface area contributed by atoms with E-state index in [0.29, 0.717) is 13.0 Å². The van der Waals surface area contributed by atoms with Gasteiger partial charge in [0.05, 0.1) is 30.3 Å². The number of hydrogen-bond acceptors (Lipinski definition) is 4. The van der Waals surface area contributed by atoms with Crippen molar-refractivity contribution in [2.45, 2.75) is 64.8 Å². The number of ether oxygens (including phenoxy) is 1. The smallest absolute Gasteiger partial charge is 0.481 e. The zero-order valence-electron chi connectivity index (χ0n) is 13.0. The van der Waals surface area contributed by atoms with Gasteiger partial charge in [0.15, 0.2) is 0 Å². The van der Waals surface area contributed by atoms with Gasteiger partial charge in [0.25, 0.3) is 0 Å². The Hall–Kier alpha value is -0.845. The quantitative estimate of drug-likeness (QED) is 0.574. The molecule has 0 saturated carbocycles. The Labute approximate surface area is 121 Å². The van der Waals surface area contributed by atoms with Crippen molar-refractivity contribution in [2.24, 2.45) is 0 Å². The SMILES string of the molecule is CC(CC(=O)O)OCC/C=C/B1OC(C)(C)C(C)(C)O1. The summed E-state index contributed by atoms with van der Waals surface area (Å²) in [5, 5.41) is 8.60. The third-order valence-electron chi connectivity index (χ3n) is 3.71. The van der Waals surface area contributed by atoms with E-state index >= 15 is 0 Å². The predicted octanol–water partition coefficient (Wildman–Crippen LogP) is 2.44. The standard InChI is InChI=1S/C14H25BO5/c1-11(10-12(16)17)18-9-7-6-8-15-19-13(2,3)14(4,5)20-15/h6,8,11H,7,9-10H2,1-5H3,(H,16,17)/b8-6+. The Bertz CT molecular complexity index is 349. The molecule has 5 nitrogen and oxygen atoms in total.